The van der Waals surface area contributed by atoms with Crippen LogP contribution in [0.25, 0.3) is 0 Å². The van der Waals surface area contributed by atoms with Crippen LogP contribution in [0.2, 0.25) is 0 Å². The minimum absolute atomic E-state index is 0.0722. The van der Waals surface area contributed by atoms with E-state index in [2.05, 4.69) is 4.98 Å². The third-order valence-electron chi connectivity index (χ3n) is 1.64. The molecule has 0 amide bonds. The second-order valence-electron chi connectivity index (χ2n) is 2.68. The largest absolute Gasteiger partial charge is 0.495 e. The summed E-state index contributed by atoms with van der Waals surface area (Å²) in [6.07, 6.45) is 1.53. The van der Waals surface area contributed by atoms with Gasteiger partial charge in [0.2, 0.25) is 0 Å². The van der Waals surface area contributed by atoms with Gasteiger partial charge in [-0.1, -0.05) is 0 Å². The van der Waals surface area contributed by atoms with E-state index in [1.807, 2.05) is 0 Å². The van der Waals surface area contributed by atoms with Gasteiger partial charge in [-0.25, -0.2) is 0 Å². The molecule has 0 aliphatic heterocycles. The van der Waals surface area contributed by atoms with E-state index in [4.69, 9.17) is 4.74 Å². The lowest BCUT2D eigenvalue weighted by atomic mass is 10.3. The Hall–Kier alpha value is -1.17. The molecule has 14 heavy (non-hydrogen) atoms. The van der Waals surface area contributed by atoms with Crippen molar-refractivity contribution in [1.82, 2.24) is 4.98 Å². The average molecular weight is 219 g/mol. The van der Waals surface area contributed by atoms with Crippen LogP contribution in [0.5, 0.6) is 5.75 Å². The van der Waals surface area contributed by atoms with Crippen molar-refractivity contribution >= 4 is 10.2 Å². The Balaban J connectivity index is 2.61. The number of rotatable bonds is 4. The van der Waals surface area contributed by atoms with Crippen molar-refractivity contribution in [3.05, 3.63) is 24.0 Å². The van der Waals surface area contributed by atoms with Crippen molar-refractivity contribution in [1.29, 1.82) is 0 Å². The minimum Gasteiger partial charge on any atom is -0.495 e. The number of aromatic nitrogens is 1. The number of methoxy groups -OCH3 is 1. The lowest BCUT2D eigenvalue weighted by Crippen LogP contribution is -2.03. The van der Waals surface area contributed by atoms with Gasteiger partial charge in [0, 0.05) is 12.1 Å². The number of pyridine rings is 1. The van der Waals surface area contributed by atoms with Gasteiger partial charge in [-0.05, 0) is 12.1 Å². The van der Waals surface area contributed by atoms with E-state index in [0.29, 0.717) is 11.4 Å². The number of hydrogen-bond acceptors (Lipinski definition) is 4. The van der Waals surface area contributed by atoms with Gasteiger partial charge in [0.25, 0.3) is 0 Å². The smallest absolute Gasteiger partial charge is 0.302 e. The molecule has 1 rings (SSSR count). The van der Waals surface area contributed by atoms with E-state index in [9.17, 15) is 12.3 Å². The molecule has 0 saturated heterocycles. The van der Waals surface area contributed by atoms with E-state index in [-0.39, 0.29) is 6.42 Å². The maximum Gasteiger partial charge on any atom is 0.302 e. The van der Waals surface area contributed by atoms with E-state index < -0.39 is 16.0 Å². The first-order valence-electron chi connectivity index (χ1n) is 3.92. The highest BCUT2D eigenvalue weighted by Crippen LogP contribution is 2.08. The van der Waals surface area contributed by atoms with Crippen LogP contribution in [0.4, 0.5) is 3.89 Å². The average Bonchev–Trinajstić information content (AvgIpc) is 2.14. The number of aryl methyl sites for hydroxylation is 1. The van der Waals surface area contributed by atoms with E-state index in [1.165, 1.54) is 13.3 Å². The summed E-state index contributed by atoms with van der Waals surface area (Å²) in [4.78, 5) is 3.90. The molecule has 0 fully saturated rings. The van der Waals surface area contributed by atoms with Crippen LogP contribution in [0, 0.1) is 0 Å². The lowest BCUT2D eigenvalue weighted by molar-refractivity contribution is 0.412. The molecule has 6 heteroatoms. The molecule has 0 saturated carbocycles. The molecule has 0 N–H and O–H groups in total. The molecule has 0 spiro atoms. The van der Waals surface area contributed by atoms with Crippen molar-refractivity contribution in [3.63, 3.8) is 0 Å². The zero-order valence-corrected chi connectivity index (χ0v) is 8.42. The number of halogens is 1. The fourth-order valence-electron chi connectivity index (χ4n) is 0.906. The molecule has 1 heterocycles. The van der Waals surface area contributed by atoms with Gasteiger partial charge in [-0.15, -0.1) is 3.89 Å². The molecule has 1 aromatic rings. The summed E-state index contributed by atoms with van der Waals surface area (Å²) < 4.78 is 37.4. The van der Waals surface area contributed by atoms with Gasteiger partial charge >= 0.3 is 10.2 Å². The van der Waals surface area contributed by atoms with Gasteiger partial charge < -0.3 is 4.74 Å². The second-order valence-corrected chi connectivity index (χ2v) is 4.17. The van der Waals surface area contributed by atoms with Gasteiger partial charge in [0.1, 0.15) is 5.75 Å². The van der Waals surface area contributed by atoms with Gasteiger partial charge in [-0.3, -0.25) is 4.98 Å². The van der Waals surface area contributed by atoms with Gasteiger partial charge in [0.05, 0.1) is 19.1 Å². The number of ether oxygens (including phenoxy) is 1. The summed E-state index contributed by atoms with van der Waals surface area (Å²) in [7, 11) is -2.91. The molecule has 4 nitrogen and oxygen atoms in total. The summed E-state index contributed by atoms with van der Waals surface area (Å²) in [6, 6.07) is 3.25. The molecule has 78 valence electrons. The van der Waals surface area contributed by atoms with Crippen LogP contribution >= 0.6 is 0 Å². The Kier molecular flexibility index (Phi) is 3.40. The van der Waals surface area contributed by atoms with Gasteiger partial charge in [0.15, 0.2) is 0 Å². The third-order valence-corrected chi connectivity index (χ3v) is 2.33. The molecule has 0 atom stereocenters. The lowest BCUT2D eigenvalue weighted by Gasteiger charge is -2.00. The van der Waals surface area contributed by atoms with Crippen molar-refractivity contribution in [3.8, 4) is 5.75 Å². The first-order chi connectivity index (χ1) is 6.51. The first-order valence-corrected chi connectivity index (χ1v) is 5.48. The molecule has 0 bridgehead atoms. The van der Waals surface area contributed by atoms with Crippen LogP contribution in [-0.2, 0) is 16.6 Å². The molecular weight excluding hydrogens is 209 g/mol. The van der Waals surface area contributed by atoms with Crippen molar-refractivity contribution in [2.45, 2.75) is 6.42 Å². The minimum atomic E-state index is -4.41. The summed E-state index contributed by atoms with van der Waals surface area (Å²) in [6.45, 7) is 0. The fourth-order valence-corrected chi connectivity index (χ4v) is 1.36. The predicted octanol–water partition coefficient (Wildman–Crippen LogP) is 0.932. The van der Waals surface area contributed by atoms with E-state index in [0.717, 1.165) is 0 Å². The summed E-state index contributed by atoms with van der Waals surface area (Å²) in [5.41, 5.74) is 0.520. The maximum atomic E-state index is 12.1. The normalized spacial score (nSPS) is 11.3. The Bertz CT molecular complexity index is 388. The van der Waals surface area contributed by atoms with E-state index >= 15 is 0 Å². The Morgan fingerprint density at radius 1 is 1.50 bits per heavy atom. The van der Waals surface area contributed by atoms with Crippen LogP contribution in [0.3, 0.4) is 0 Å². The maximum absolute atomic E-state index is 12.1. The number of nitrogens with zero attached hydrogens (tertiary/aromatic N) is 1. The Morgan fingerprint density at radius 3 is 2.64 bits per heavy atom. The molecule has 1 aromatic heterocycles. The predicted molar refractivity (Wildman–Crippen MR) is 49.4 cm³/mol. The first kappa shape index (κ1) is 10.9. The van der Waals surface area contributed by atoms with Crippen molar-refractivity contribution in [2.75, 3.05) is 12.9 Å². The molecule has 0 aliphatic rings. The summed E-state index contributed by atoms with van der Waals surface area (Å²) in [5.74, 6) is 0.0450. The van der Waals surface area contributed by atoms with Crippen LogP contribution < -0.4 is 4.74 Å². The van der Waals surface area contributed by atoms with Crippen molar-refractivity contribution < 1.29 is 17.0 Å². The molecule has 0 unspecified atom stereocenters. The Morgan fingerprint density at radius 2 is 2.21 bits per heavy atom. The highest BCUT2D eigenvalue weighted by atomic mass is 32.3. The van der Waals surface area contributed by atoms with Crippen LogP contribution in [0.1, 0.15) is 5.69 Å². The standard InChI is InChI=1S/C8H10FNO3S/c1-13-8-3-2-7(10-6-8)4-5-14(9,11)12/h2-3,6H,4-5H2,1H3. The Labute approximate surface area is 81.9 Å². The number of hydrogen-bond donors (Lipinski definition) is 0. The van der Waals surface area contributed by atoms with E-state index in [1.54, 1.807) is 12.1 Å². The molecular formula is C8H10FNO3S. The second kappa shape index (κ2) is 4.36. The topological polar surface area (TPSA) is 56.3 Å². The SMILES string of the molecule is COc1ccc(CCS(=O)(=O)F)nc1. The molecule has 0 aliphatic carbocycles. The zero-order chi connectivity index (χ0) is 10.6. The fraction of sp³-hybridized carbons (Fsp3) is 0.375. The third kappa shape index (κ3) is 3.69. The highest BCUT2D eigenvalue weighted by Gasteiger charge is 2.07. The van der Waals surface area contributed by atoms with Crippen LogP contribution in [-0.4, -0.2) is 26.3 Å². The monoisotopic (exact) mass is 219 g/mol. The molecule has 0 radical (unpaired) electrons. The van der Waals surface area contributed by atoms with Crippen molar-refractivity contribution in [2.24, 2.45) is 0 Å². The summed E-state index contributed by atoms with van der Waals surface area (Å²) in [5, 5.41) is 0. The highest BCUT2D eigenvalue weighted by molar-refractivity contribution is 7.86. The zero-order valence-electron chi connectivity index (χ0n) is 7.60. The molecule has 0 aromatic carbocycles. The summed E-state index contributed by atoms with van der Waals surface area (Å²) >= 11 is 0. The quantitative estimate of drug-likeness (QED) is 0.707. The van der Waals surface area contributed by atoms with Gasteiger partial charge in [-0.2, -0.15) is 8.42 Å². The van der Waals surface area contributed by atoms with Crippen LogP contribution in [0.15, 0.2) is 18.3 Å².